The van der Waals surface area contributed by atoms with Crippen molar-refractivity contribution >= 4 is 11.6 Å². The smallest absolute Gasteiger partial charge is 0.257 e. The lowest BCUT2D eigenvalue weighted by Gasteiger charge is -2.21. The Bertz CT molecular complexity index is 901. The van der Waals surface area contributed by atoms with Gasteiger partial charge < -0.3 is 19.4 Å². The van der Waals surface area contributed by atoms with Crippen LogP contribution in [0.15, 0.2) is 29.2 Å². The van der Waals surface area contributed by atoms with Gasteiger partial charge in [0, 0.05) is 30.6 Å². The Kier molecular flexibility index (Phi) is 3.95. The molecule has 25 heavy (non-hydrogen) atoms. The molecule has 1 aromatic heterocycles. The standard InChI is InChI=1S/C19H20N2O4/c1-21-11-15(13-4-2-3-5-14(13)19(21)23)18(22)20-12-6-7-16-17(10-12)25-9-8-24-16/h6-7,10-11H,2-5,8-9H2,1H3,(H,20,22). The van der Waals surface area contributed by atoms with Crippen LogP contribution in [0.1, 0.15) is 34.3 Å². The average Bonchev–Trinajstić information content (AvgIpc) is 2.64. The third-order valence-electron chi connectivity index (χ3n) is 4.74. The molecule has 6 heteroatoms. The number of anilines is 1. The van der Waals surface area contributed by atoms with Gasteiger partial charge in [-0.25, -0.2) is 0 Å². The number of amides is 1. The van der Waals surface area contributed by atoms with E-state index in [0.29, 0.717) is 36.0 Å². The van der Waals surface area contributed by atoms with Crippen LogP contribution < -0.4 is 20.3 Å². The van der Waals surface area contributed by atoms with Crippen molar-refractivity contribution in [1.82, 2.24) is 4.57 Å². The highest BCUT2D eigenvalue weighted by atomic mass is 16.6. The number of carbonyl (C=O) groups is 1. The fourth-order valence-corrected chi connectivity index (χ4v) is 3.50. The van der Waals surface area contributed by atoms with Crippen LogP contribution in [-0.4, -0.2) is 23.7 Å². The number of hydrogen-bond acceptors (Lipinski definition) is 4. The summed E-state index contributed by atoms with van der Waals surface area (Å²) in [6.45, 7) is 1.03. The summed E-state index contributed by atoms with van der Waals surface area (Å²) in [6, 6.07) is 5.35. The third kappa shape index (κ3) is 2.88. The molecule has 1 aromatic carbocycles. The minimum atomic E-state index is -0.203. The highest BCUT2D eigenvalue weighted by Gasteiger charge is 2.22. The molecule has 0 radical (unpaired) electrons. The fourth-order valence-electron chi connectivity index (χ4n) is 3.50. The maximum Gasteiger partial charge on any atom is 0.257 e. The van der Waals surface area contributed by atoms with Crippen LogP contribution >= 0.6 is 0 Å². The van der Waals surface area contributed by atoms with Gasteiger partial charge in [-0.1, -0.05) is 0 Å². The number of hydrogen-bond donors (Lipinski definition) is 1. The van der Waals surface area contributed by atoms with Crippen molar-refractivity contribution in [1.29, 1.82) is 0 Å². The summed E-state index contributed by atoms with van der Waals surface area (Å²) in [7, 11) is 1.69. The van der Waals surface area contributed by atoms with Crippen LogP contribution in [0.3, 0.4) is 0 Å². The maximum atomic E-state index is 12.8. The Morgan fingerprint density at radius 3 is 2.60 bits per heavy atom. The molecule has 0 fully saturated rings. The number of aromatic nitrogens is 1. The average molecular weight is 340 g/mol. The zero-order valence-electron chi connectivity index (χ0n) is 14.1. The maximum absolute atomic E-state index is 12.8. The van der Waals surface area contributed by atoms with Gasteiger partial charge in [-0.3, -0.25) is 9.59 Å². The molecule has 6 nitrogen and oxygen atoms in total. The summed E-state index contributed by atoms with van der Waals surface area (Å²) in [5.74, 6) is 1.11. The van der Waals surface area contributed by atoms with E-state index in [9.17, 15) is 9.59 Å². The number of nitrogens with one attached hydrogen (secondary N) is 1. The molecule has 0 atom stereocenters. The van der Waals surface area contributed by atoms with Crippen molar-refractivity contribution in [2.45, 2.75) is 25.7 Å². The predicted molar refractivity (Wildman–Crippen MR) is 93.7 cm³/mol. The summed E-state index contributed by atoms with van der Waals surface area (Å²) in [5.41, 5.74) is 2.90. The van der Waals surface area contributed by atoms with E-state index < -0.39 is 0 Å². The van der Waals surface area contributed by atoms with Crippen molar-refractivity contribution in [2.24, 2.45) is 7.05 Å². The lowest BCUT2D eigenvalue weighted by atomic mass is 9.89. The van der Waals surface area contributed by atoms with Gasteiger partial charge in [0.25, 0.3) is 11.5 Å². The first-order chi connectivity index (χ1) is 12.1. The van der Waals surface area contributed by atoms with Gasteiger partial charge in [0.15, 0.2) is 11.5 Å². The quantitative estimate of drug-likeness (QED) is 0.911. The highest BCUT2D eigenvalue weighted by Crippen LogP contribution is 2.33. The first-order valence-corrected chi connectivity index (χ1v) is 8.56. The van der Waals surface area contributed by atoms with Gasteiger partial charge in [0.2, 0.25) is 0 Å². The van der Waals surface area contributed by atoms with E-state index in [-0.39, 0.29) is 11.5 Å². The summed E-state index contributed by atoms with van der Waals surface area (Å²) >= 11 is 0. The minimum absolute atomic E-state index is 0.00517. The van der Waals surface area contributed by atoms with Crippen LogP contribution in [0.5, 0.6) is 11.5 Å². The molecule has 0 unspecified atom stereocenters. The van der Waals surface area contributed by atoms with Crippen LogP contribution in [0.25, 0.3) is 0 Å². The second-order valence-corrected chi connectivity index (χ2v) is 6.44. The van der Waals surface area contributed by atoms with Crippen molar-refractivity contribution in [3.63, 3.8) is 0 Å². The normalized spacial score (nSPS) is 15.4. The van der Waals surface area contributed by atoms with E-state index in [1.165, 1.54) is 4.57 Å². The zero-order valence-corrected chi connectivity index (χ0v) is 14.1. The monoisotopic (exact) mass is 340 g/mol. The van der Waals surface area contributed by atoms with E-state index in [1.807, 2.05) is 0 Å². The molecule has 1 aliphatic carbocycles. The van der Waals surface area contributed by atoms with Gasteiger partial charge in [-0.15, -0.1) is 0 Å². The van der Waals surface area contributed by atoms with E-state index >= 15 is 0 Å². The number of pyridine rings is 1. The molecule has 1 N–H and O–H groups in total. The van der Waals surface area contributed by atoms with Crippen LogP contribution in [0.4, 0.5) is 5.69 Å². The first-order valence-electron chi connectivity index (χ1n) is 8.56. The lowest BCUT2D eigenvalue weighted by Crippen LogP contribution is -2.29. The minimum Gasteiger partial charge on any atom is -0.486 e. The molecular weight excluding hydrogens is 320 g/mol. The van der Waals surface area contributed by atoms with Crippen LogP contribution in [0, 0.1) is 0 Å². The van der Waals surface area contributed by atoms with Gasteiger partial charge in [-0.05, 0) is 43.4 Å². The number of rotatable bonds is 2. The molecule has 0 spiro atoms. The van der Waals surface area contributed by atoms with E-state index in [2.05, 4.69) is 5.32 Å². The van der Waals surface area contributed by atoms with Crippen LogP contribution in [-0.2, 0) is 19.9 Å². The fraction of sp³-hybridized carbons (Fsp3) is 0.368. The summed E-state index contributed by atoms with van der Waals surface area (Å²) in [5, 5.41) is 2.92. The van der Waals surface area contributed by atoms with Crippen LogP contribution in [0.2, 0.25) is 0 Å². The van der Waals surface area contributed by atoms with Crippen molar-refractivity contribution in [3.8, 4) is 11.5 Å². The Balaban J connectivity index is 1.66. The molecule has 1 aliphatic heterocycles. The van der Waals surface area contributed by atoms with Gasteiger partial charge in [-0.2, -0.15) is 0 Å². The molecule has 130 valence electrons. The molecule has 2 aliphatic rings. The largest absolute Gasteiger partial charge is 0.486 e. The number of ether oxygens (including phenoxy) is 2. The Morgan fingerprint density at radius 2 is 1.80 bits per heavy atom. The molecule has 2 heterocycles. The lowest BCUT2D eigenvalue weighted by molar-refractivity contribution is 0.102. The SMILES string of the molecule is Cn1cc(C(=O)Nc2ccc3c(c2)OCCO3)c2c(c1=O)CCCC2. The Labute approximate surface area is 145 Å². The summed E-state index contributed by atoms with van der Waals surface area (Å²) in [6.07, 6.45) is 5.15. The number of benzene rings is 1. The van der Waals surface area contributed by atoms with Gasteiger partial charge >= 0.3 is 0 Å². The highest BCUT2D eigenvalue weighted by molar-refractivity contribution is 6.05. The van der Waals surface area contributed by atoms with Crippen molar-refractivity contribution in [3.05, 3.63) is 51.4 Å². The summed E-state index contributed by atoms with van der Waals surface area (Å²) in [4.78, 5) is 25.1. The molecule has 1 amide bonds. The molecule has 0 saturated carbocycles. The van der Waals surface area contributed by atoms with Gasteiger partial charge in [0.1, 0.15) is 13.2 Å². The summed E-state index contributed by atoms with van der Waals surface area (Å²) < 4.78 is 12.6. The van der Waals surface area contributed by atoms with Gasteiger partial charge in [0.05, 0.1) is 5.56 Å². The van der Waals surface area contributed by atoms with E-state index in [1.54, 1.807) is 31.4 Å². The Morgan fingerprint density at radius 1 is 1.08 bits per heavy atom. The zero-order chi connectivity index (χ0) is 17.4. The first kappa shape index (κ1) is 15.7. The van der Waals surface area contributed by atoms with E-state index in [0.717, 1.165) is 36.8 Å². The number of carbonyl (C=O) groups excluding carboxylic acids is 1. The Hall–Kier alpha value is -2.76. The number of fused-ring (bicyclic) bond motifs is 2. The second kappa shape index (κ2) is 6.27. The van der Waals surface area contributed by atoms with Crippen molar-refractivity contribution in [2.75, 3.05) is 18.5 Å². The number of nitrogens with zero attached hydrogens (tertiary/aromatic N) is 1. The predicted octanol–water partition coefficient (Wildman–Crippen LogP) is 2.29. The molecular formula is C19H20N2O4. The molecule has 0 bridgehead atoms. The topological polar surface area (TPSA) is 69.6 Å². The molecule has 2 aromatic rings. The molecule has 4 rings (SSSR count). The number of aryl methyl sites for hydroxylation is 1. The molecule has 0 saturated heterocycles. The third-order valence-corrected chi connectivity index (χ3v) is 4.74. The second-order valence-electron chi connectivity index (χ2n) is 6.44. The van der Waals surface area contributed by atoms with E-state index in [4.69, 9.17) is 9.47 Å². The van der Waals surface area contributed by atoms with Crippen molar-refractivity contribution < 1.29 is 14.3 Å².